The molecule has 1 aliphatic heterocycles. The van der Waals surface area contributed by atoms with Crippen LogP contribution in [0.1, 0.15) is 23.2 Å². The molecular weight excluding hydrogens is 442 g/mol. The number of carbonyl (C=O) groups excluding carboxylic acids is 1. The first-order valence-corrected chi connectivity index (χ1v) is 8.68. The summed E-state index contributed by atoms with van der Waals surface area (Å²) < 4.78 is 7.10. The lowest BCUT2D eigenvalue weighted by Gasteiger charge is -2.36. The van der Waals surface area contributed by atoms with Gasteiger partial charge < -0.3 is 10.1 Å². The summed E-state index contributed by atoms with van der Waals surface area (Å²) in [7, 11) is 0. The van der Waals surface area contributed by atoms with E-state index < -0.39 is 0 Å². The molecule has 1 aromatic carbocycles. The highest BCUT2D eigenvalue weighted by atomic mass is 79.9. The smallest absolute Gasteiger partial charge is 0.252 e. The monoisotopic (exact) mass is 453 g/mol. The highest BCUT2D eigenvalue weighted by Crippen LogP contribution is 2.26. The Kier molecular flexibility index (Phi) is 5.45. The summed E-state index contributed by atoms with van der Waals surface area (Å²) in [6.07, 6.45) is 1.66. The topological polar surface area (TPSA) is 38.3 Å². The number of rotatable bonds is 3. The van der Waals surface area contributed by atoms with E-state index in [9.17, 15) is 4.79 Å². The van der Waals surface area contributed by atoms with E-state index in [1.54, 1.807) is 0 Å². The van der Waals surface area contributed by atoms with Crippen LogP contribution in [0.5, 0.6) is 0 Å². The van der Waals surface area contributed by atoms with Crippen LogP contribution < -0.4 is 5.32 Å². The molecule has 0 aromatic heterocycles. The van der Waals surface area contributed by atoms with Crippen molar-refractivity contribution in [2.75, 3.05) is 18.5 Å². The average Bonchev–Trinajstić information content (AvgIpc) is 2.39. The standard InChI is InChI=1S/C13H14Br3NO2/c14-8-13(3-5-19-6-4-13)17-12(18)10-2-1-9(15)7-11(10)16/h1-2,7H,3-6,8H2,(H,17,18). The number of carbonyl (C=O) groups is 1. The number of hydrogen-bond donors (Lipinski definition) is 1. The number of nitrogens with one attached hydrogen (secondary N) is 1. The molecule has 104 valence electrons. The predicted molar refractivity (Wildman–Crippen MR) is 85.9 cm³/mol. The molecule has 1 saturated heterocycles. The van der Waals surface area contributed by atoms with Crippen LogP contribution in [0.2, 0.25) is 0 Å². The molecule has 0 radical (unpaired) electrons. The van der Waals surface area contributed by atoms with Crippen molar-refractivity contribution in [1.29, 1.82) is 0 Å². The molecule has 1 amide bonds. The van der Waals surface area contributed by atoms with Crippen molar-refractivity contribution < 1.29 is 9.53 Å². The number of alkyl halides is 1. The van der Waals surface area contributed by atoms with Crippen molar-refractivity contribution in [3.63, 3.8) is 0 Å². The highest BCUT2D eigenvalue weighted by Gasteiger charge is 2.33. The quantitative estimate of drug-likeness (QED) is 0.702. The third-order valence-electron chi connectivity index (χ3n) is 3.26. The van der Waals surface area contributed by atoms with E-state index >= 15 is 0 Å². The fraction of sp³-hybridized carbons (Fsp3) is 0.462. The van der Waals surface area contributed by atoms with Crippen LogP contribution in [0, 0.1) is 0 Å². The van der Waals surface area contributed by atoms with Gasteiger partial charge in [-0.2, -0.15) is 0 Å². The van der Waals surface area contributed by atoms with Crippen LogP contribution in [0.25, 0.3) is 0 Å². The van der Waals surface area contributed by atoms with Gasteiger partial charge >= 0.3 is 0 Å². The number of benzene rings is 1. The van der Waals surface area contributed by atoms with Gasteiger partial charge in [0, 0.05) is 27.5 Å². The zero-order valence-electron chi connectivity index (χ0n) is 10.2. The van der Waals surface area contributed by atoms with Gasteiger partial charge in [0.25, 0.3) is 5.91 Å². The van der Waals surface area contributed by atoms with Gasteiger partial charge in [-0.3, -0.25) is 4.79 Å². The molecule has 1 aliphatic rings. The SMILES string of the molecule is O=C(NC1(CBr)CCOCC1)c1ccc(Br)cc1Br. The van der Waals surface area contributed by atoms with Crippen LogP contribution in [-0.2, 0) is 4.74 Å². The maximum Gasteiger partial charge on any atom is 0.252 e. The van der Waals surface area contributed by atoms with Crippen LogP contribution in [-0.4, -0.2) is 30.0 Å². The van der Waals surface area contributed by atoms with Gasteiger partial charge in [-0.15, -0.1) is 0 Å². The Bertz CT molecular complexity index is 473. The first-order valence-electron chi connectivity index (χ1n) is 5.98. The summed E-state index contributed by atoms with van der Waals surface area (Å²) in [6.45, 7) is 1.38. The third-order valence-corrected chi connectivity index (χ3v) is 5.48. The molecule has 6 heteroatoms. The number of ether oxygens (including phenoxy) is 1. The Labute approximate surface area is 137 Å². The Hall–Kier alpha value is 0.0900. The van der Waals surface area contributed by atoms with E-state index in [1.165, 1.54) is 0 Å². The highest BCUT2D eigenvalue weighted by molar-refractivity contribution is 9.11. The van der Waals surface area contributed by atoms with Gasteiger partial charge in [0.15, 0.2) is 0 Å². The maximum absolute atomic E-state index is 12.4. The third kappa shape index (κ3) is 3.80. The summed E-state index contributed by atoms with van der Waals surface area (Å²) >= 11 is 10.3. The van der Waals surface area contributed by atoms with E-state index in [4.69, 9.17) is 4.74 Å². The van der Waals surface area contributed by atoms with Gasteiger partial charge in [0.1, 0.15) is 0 Å². The van der Waals surface area contributed by atoms with E-state index in [1.807, 2.05) is 18.2 Å². The van der Waals surface area contributed by atoms with E-state index in [2.05, 4.69) is 53.1 Å². The van der Waals surface area contributed by atoms with Crippen molar-refractivity contribution in [3.05, 3.63) is 32.7 Å². The molecule has 1 N–H and O–H groups in total. The zero-order chi connectivity index (χ0) is 13.9. The van der Waals surface area contributed by atoms with E-state index in [0.29, 0.717) is 18.8 Å². The first kappa shape index (κ1) is 15.5. The largest absolute Gasteiger partial charge is 0.381 e. The second-order valence-electron chi connectivity index (χ2n) is 4.60. The normalized spacial score (nSPS) is 18.1. The molecule has 0 saturated carbocycles. The van der Waals surface area contributed by atoms with Crippen molar-refractivity contribution in [3.8, 4) is 0 Å². The number of hydrogen-bond acceptors (Lipinski definition) is 2. The molecule has 2 rings (SSSR count). The van der Waals surface area contributed by atoms with Gasteiger partial charge in [-0.1, -0.05) is 31.9 Å². The van der Waals surface area contributed by atoms with Gasteiger partial charge in [0.05, 0.1) is 11.1 Å². The van der Waals surface area contributed by atoms with Crippen molar-refractivity contribution >= 4 is 53.7 Å². The van der Waals surface area contributed by atoms with Crippen LogP contribution in [0.4, 0.5) is 0 Å². The van der Waals surface area contributed by atoms with Crippen LogP contribution in [0.3, 0.4) is 0 Å². The fourth-order valence-electron chi connectivity index (χ4n) is 2.04. The van der Waals surface area contributed by atoms with Crippen molar-refractivity contribution in [2.45, 2.75) is 18.4 Å². The molecule has 1 fully saturated rings. The number of halogens is 3. The Morgan fingerprint density at radius 3 is 2.58 bits per heavy atom. The lowest BCUT2D eigenvalue weighted by molar-refractivity contribution is 0.0441. The lowest BCUT2D eigenvalue weighted by atomic mass is 9.92. The Morgan fingerprint density at radius 1 is 1.32 bits per heavy atom. The predicted octanol–water partition coefficient (Wildman–Crippen LogP) is 3.89. The Morgan fingerprint density at radius 2 is 2.00 bits per heavy atom. The van der Waals surface area contributed by atoms with E-state index in [0.717, 1.165) is 27.1 Å². The van der Waals surface area contributed by atoms with Crippen LogP contribution >= 0.6 is 47.8 Å². The molecule has 1 heterocycles. The molecule has 19 heavy (non-hydrogen) atoms. The molecule has 0 atom stereocenters. The first-order chi connectivity index (χ1) is 9.06. The molecule has 0 spiro atoms. The molecule has 3 nitrogen and oxygen atoms in total. The zero-order valence-corrected chi connectivity index (χ0v) is 15.0. The summed E-state index contributed by atoms with van der Waals surface area (Å²) in [5.74, 6) is -0.0549. The lowest BCUT2D eigenvalue weighted by Crippen LogP contribution is -2.53. The Balaban J connectivity index is 2.15. The summed E-state index contributed by atoms with van der Waals surface area (Å²) in [5, 5.41) is 3.89. The molecule has 0 bridgehead atoms. The summed E-state index contributed by atoms with van der Waals surface area (Å²) in [6, 6.07) is 5.55. The molecule has 0 unspecified atom stereocenters. The van der Waals surface area contributed by atoms with Gasteiger partial charge in [-0.05, 0) is 47.0 Å². The molecule has 1 aromatic rings. The minimum Gasteiger partial charge on any atom is -0.381 e. The second-order valence-corrected chi connectivity index (χ2v) is 6.94. The van der Waals surface area contributed by atoms with Crippen LogP contribution in [0.15, 0.2) is 27.1 Å². The molecule has 0 aliphatic carbocycles. The minimum absolute atomic E-state index is 0.0549. The van der Waals surface area contributed by atoms with Crippen molar-refractivity contribution in [2.24, 2.45) is 0 Å². The van der Waals surface area contributed by atoms with Gasteiger partial charge in [0.2, 0.25) is 0 Å². The summed E-state index contributed by atoms with van der Waals surface area (Å²) in [4.78, 5) is 12.4. The van der Waals surface area contributed by atoms with E-state index in [-0.39, 0.29) is 11.4 Å². The molecular formula is C13H14Br3NO2. The maximum atomic E-state index is 12.4. The minimum atomic E-state index is -0.207. The summed E-state index contributed by atoms with van der Waals surface area (Å²) in [5.41, 5.74) is 0.442. The second kappa shape index (κ2) is 6.70. The number of amides is 1. The van der Waals surface area contributed by atoms with Crippen molar-refractivity contribution in [1.82, 2.24) is 5.32 Å². The average molecular weight is 456 g/mol. The van der Waals surface area contributed by atoms with Gasteiger partial charge in [-0.25, -0.2) is 0 Å². The fourth-order valence-corrected chi connectivity index (χ4v) is 3.96.